The molecule has 0 aliphatic heterocycles. The normalized spacial score (nSPS) is 10.5. The molecule has 1 N–H and O–H groups in total. The lowest BCUT2D eigenvalue weighted by Crippen LogP contribution is -2.29. The molecule has 0 aliphatic carbocycles. The molecule has 0 bridgehead atoms. The highest BCUT2D eigenvalue weighted by molar-refractivity contribution is 7.99. The molecular weight excluding hydrogens is 276 g/mol. The summed E-state index contributed by atoms with van der Waals surface area (Å²) in [4.78, 5) is 3.65. The van der Waals surface area contributed by atoms with Crippen LogP contribution in [0.25, 0.3) is 0 Å². The van der Waals surface area contributed by atoms with Gasteiger partial charge in [0.2, 0.25) is 0 Å². The van der Waals surface area contributed by atoms with Crippen LogP contribution in [0.1, 0.15) is 6.42 Å². The van der Waals surface area contributed by atoms with Gasteiger partial charge in [0.05, 0.1) is 0 Å². The topological polar surface area (TPSA) is 15.3 Å². The van der Waals surface area contributed by atoms with Gasteiger partial charge in [-0.05, 0) is 43.0 Å². The van der Waals surface area contributed by atoms with Crippen molar-refractivity contribution in [2.24, 2.45) is 0 Å². The molecule has 2 aromatic carbocycles. The van der Waals surface area contributed by atoms with Crippen LogP contribution in [0.3, 0.4) is 0 Å². The Morgan fingerprint density at radius 3 is 2.29 bits per heavy atom. The minimum atomic E-state index is 1.03. The van der Waals surface area contributed by atoms with Gasteiger partial charge in [-0.3, -0.25) is 0 Å². The Kier molecular flexibility index (Phi) is 7.19. The minimum Gasteiger partial charge on any atom is -0.373 e. The Balaban J connectivity index is 1.50. The van der Waals surface area contributed by atoms with Crippen LogP contribution in [0.2, 0.25) is 0 Å². The van der Waals surface area contributed by atoms with Crippen LogP contribution in [0.5, 0.6) is 0 Å². The van der Waals surface area contributed by atoms with E-state index in [1.807, 2.05) is 11.8 Å². The van der Waals surface area contributed by atoms with Crippen molar-refractivity contribution < 1.29 is 0 Å². The number of hydrogen-bond donors (Lipinski definition) is 1. The third-order valence-electron chi connectivity index (χ3n) is 3.33. The van der Waals surface area contributed by atoms with Gasteiger partial charge in [-0.1, -0.05) is 36.4 Å². The number of anilines is 1. The van der Waals surface area contributed by atoms with Gasteiger partial charge in [-0.25, -0.2) is 0 Å². The van der Waals surface area contributed by atoms with Gasteiger partial charge in [0.25, 0.3) is 0 Å². The van der Waals surface area contributed by atoms with Crippen LogP contribution >= 0.6 is 11.8 Å². The van der Waals surface area contributed by atoms with E-state index in [-0.39, 0.29) is 0 Å². The highest BCUT2D eigenvalue weighted by Gasteiger charge is 1.98. The summed E-state index contributed by atoms with van der Waals surface area (Å²) in [5.41, 5.74) is 1.28. The lowest BCUT2D eigenvalue weighted by Gasteiger charge is -2.19. The number of likely N-dealkylation sites (N-methyl/N-ethyl adjacent to an activating group) is 1. The molecule has 112 valence electrons. The molecule has 3 heteroatoms. The molecule has 0 fully saturated rings. The molecule has 0 atom stereocenters. The molecule has 2 rings (SSSR count). The molecular formula is C18H24N2S. The second-order valence-corrected chi connectivity index (χ2v) is 6.19. The number of hydrogen-bond acceptors (Lipinski definition) is 3. The van der Waals surface area contributed by atoms with E-state index in [2.05, 4.69) is 77.9 Å². The van der Waals surface area contributed by atoms with E-state index in [0.717, 1.165) is 19.6 Å². The quantitative estimate of drug-likeness (QED) is 0.558. The standard InChI is InChI=1S/C18H24N2S/c1-20(17-9-4-2-5-10-17)15-14-19-13-8-16-21-18-11-6-3-7-12-18/h2-7,9-12,19H,8,13-16H2,1H3. The SMILES string of the molecule is CN(CCNCCCSc1ccccc1)c1ccccc1. The van der Waals surface area contributed by atoms with Gasteiger partial charge in [-0.2, -0.15) is 0 Å². The molecule has 0 aromatic heterocycles. The zero-order valence-corrected chi connectivity index (χ0v) is 13.5. The maximum absolute atomic E-state index is 3.52. The third-order valence-corrected chi connectivity index (χ3v) is 4.43. The van der Waals surface area contributed by atoms with Crippen molar-refractivity contribution in [1.29, 1.82) is 0 Å². The summed E-state index contributed by atoms with van der Waals surface area (Å²) in [5.74, 6) is 1.17. The molecule has 0 spiro atoms. The first-order chi connectivity index (χ1) is 10.4. The monoisotopic (exact) mass is 300 g/mol. The summed E-state index contributed by atoms with van der Waals surface area (Å²) >= 11 is 1.93. The van der Waals surface area contributed by atoms with Gasteiger partial charge in [-0.15, -0.1) is 11.8 Å². The Labute approximate surface area is 132 Å². The summed E-state index contributed by atoms with van der Waals surface area (Å²) in [6.45, 7) is 3.15. The van der Waals surface area contributed by atoms with Crippen LogP contribution in [0, 0.1) is 0 Å². The van der Waals surface area contributed by atoms with E-state index in [1.54, 1.807) is 0 Å². The maximum Gasteiger partial charge on any atom is 0.0364 e. The molecule has 0 saturated heterocycles. The number of nitrogens with one attached hydrogen (secondary N) is 1. The second kappa shape index (κ2) is 9.48. The van der Waals surface area contributed by atoms with E-state index >= 15 is 0 Å². The first-order valence-corrected chi connectivity index (χ1v) is 8.49. The van der Waals surface area contributed by atoms with Gasteiger partial charge in [0.15, 0.2) is 0 Å². The molecule has 2 aromatic rings. The van der Waals surface area contributed by atoms with Gasteiger partial charge >= 0.3 is 0 Å². The van der Waals surface area contributed by atoms with Crippen molar-refractivity contribution >= 4 is 17.4 Å². The number of nitrogens with zero attached hydrogens (tertiary/aromatic N) is 1. The third kappa shape index (κ3) is 6.23. The summed E-state index contributed by atoms with van der Waals surface area (Å²) in [6.07, 6.45) is 1.20. The van der Waals surface area contributed by atoms with E-state index < -0.39 is 0 Å². The average Bonchev–Trinajstić information content (AvgIpc) is 2.55. The summed E-state index contributed by atoms with van der Waals surface area (Å²) < 4.78 is 0. The maximum atomic E-state index is 3.52. The molecule has 0 unspecified atom stereocenters. The zero-order chi connectivity index (χ0) is 14.8. The Morgan fingerprint density at radius 2 is 1.57 bits per heavy atom. The second-order valence-electron chi connectivity index (χ2n) is 5.02. The fourth-order valence-electron chi connectivity index (χ4n) is 2.09. The minimum absolute atomic E-state index is 1.03. The molecule has 0 amide bonds. The van der Waals surface area contributed by atoms with Crippen molar-refractivity contribution in [3.63, 3.8) is 0 Å². The summed E-state index contributed by atoms with van der Waals surface area (Å²) in [5, 5.41) is 3.52. The smallest absolute Gasteiger partial charge is 0.0364 e. The predicted octanol–water partition coefficient (Wildman–Crippen LogP) is 3.89. The summed E-state index contributed by atoms with van der Waals surface area (Å²) in [6, 6.07) is 21.1. The molecule has 0 heterocycles. The van der Waals surface area contributed by atoms with Crippen LogP contribution in [0.15, 0.2) is 65.6 Å². The Hall–Kier alpha value is -1.45. The number of rotatable bonds is 9. The highest BCUT2D eigenvalue weighted by Crippen LogP contribution is 2.17. The van der Waals surface area contributed by atoms with Gasteiger partial charge in [0.1, 0.15) is 0 Å². The first kappa shape index (κ1) is 15.9. The van der Waals surface area contributed by atoms with Gasteiger partial charge in [0, 0.05) is 30.7 Å². The molecule has 0 aliphatic rings. The van der Waals surface area contributed by atoms with Gasteiger partial charge < -0.3 is 10.2 Å². The van der Waals surface area contributed by atoms with Crippen LogP contribution in [0.4, 0.5) is 5.69 Å². The molecule has 2 nitrogen and oxygen atoms in total. The number of thioether (sulfide) groups is 1. The van der Waals surface area contributed by atoms with Crippen molar-refractivity contribution in [2.45, 2.75) is 11.3 Å². The van der Waals surface area contributed by atoms with E-state index in [0.29, 0.717) is 0 Å². The average molecular weight is 300 g/mol. The molecule has 21 heavy (non-hydrogen) atoms. The number of benzene rings is 2. The largest absolute Gasteiger partial charge is 0.373 e. The fraction of sp³-hybridized carbons (Fsp3) is 0.333. The predicted molar refractivity (Wildman–Crippen MR) is 94.4 cm³/mol. The van der Waals surface area contributed by atoms with Crippen molar-refractivity contribution in [2.75, 3.05) is 37.3 Å². The zero-order valence-electron chi connectivity index (χ0n) is 12.7. The highest BCUT2D eigenvalue weighted by atomic mass is 32.2. The molecule has 0 saturated carbocycles. The van der Waals surface area contributed by atoms with E-state index in [9.17, 15) is 0 Å². The number of para-hydroxylation sites is 1. The van der Waals surface area contributed by atoms with E-state index in [1.165, 1.54) is 22.8 Å². The first-order valence-electron chi connectivity index (χ1n) is 7.51. The van der Waals surface area contributed by atoms with Crippen molar-refractivity contribution in [1.82, 2.24) is 5.32 Å². The lowest BCUT2D eigenvalue weighted by molar-refractivity contribution is 0.669. The fourth-order valence-corrected chi connectivity index (χ4v) is 2.96. The lowest BCUT2D eigenvalue weighted by atomic mass is 10.3. The Bertz CT molecular complexity index is 487. The molecule has 0 radical (unpaired) electrons. The van der Waals surface area contributed by atoms with Crippen LogP contribution in [-0.4, -0.2) is 32.4 Å². The Morgan fingerprint density at radius 1 is 0.905 bits per heavy atom. The van der Waals surface area contributed by atoms with Crippen molar-refractivity contribution in [3.05, 3.63) is 60.7 Å². The van der Waals surface area contributed by atoms with Crippen molar-refractivity contribution in [3.8, 4) is 0 Å². The van der Waals surface area contributed by atoms with E-state index in [4.69, 9.17) is 0 Å². The van der Waals surface area contributed by atoms with Crippen LogP contribution in [-0.2, 0) is 0 Å². The summed E-state index contributed by atoms with van der Waals surface area (Å²) in [7, 11) is 2.14. The van der Waals surface area contributed by atoms with Crippen LogP contribution < -0.4 is 10.2 Å².